The summed E-state index contributed by atoms with van der Waals surface area (Å²) in [5.41, 5.74) is 0.187. The van der Waals surface area contributed by atoms with Gasteiger partial charge in [0.2, 0.25) is 0 Å². The molecule has 1 amide bonds. The lowest BCUT2D eigenvalue weighted by molar-refractivity contribution is 0.0935. The van der Waals surface area contributed by atoms with Gasteiger partial charge >= 0.3 is 0 Å². The minimum atomic E-state index is -0.501. The monoisotopic (exact) mass is 261 g/mol. The molecular formula is C12H11N3O2S. The molecule has 0 aromatic carbocycles. The van der Waals surface area contributed by atoms with Crippen molar-refractivity contribution in [1.29, 1.82) is 5.26 Å². The van der Waals surface area contributed by atoms with Crippen molar-refractivity contribution in [2.24, 2.45) is 0 Å². The van der Waals surface area contributed by atoms with Gasteiger partial charge in [-0.15, -0.1) is 11.3 Å². The molecule has 1 N–H and O–H groups in total. The Morgan fingerprint density at radius 1 is 1.72 bits per heavy atom. The molecular weight excluding hydrogens is 250 g/mol. The van der Waals surface area contributed by atoms with Crippen molar-refractivity contribution in [3.05, 3.63) is 29.3 Å². The van der Waals surface area contributed by atoms with Crippen LogP contribution in [0.15, 0.2) is 28.1 Å². The lowest BCUT2D eigenvalue weighted by Crippen LogP contribution is -2.33. The Hall–Kier alpha value is -2.13. The molecule has 0 aliphatic carbocycles. The Labute approximate surface area is 108 Å². The summed E-state index contributed by atoms with van der Waals surface area (Å²) in [6.07, 6.45) is 0.553. The highest BCUT2D eigenvalue weighted by Gasteiger charge is 2.16. The number of nitrogens with one attached hydrogen (secondary N) is 1. The van der Waals surface area contributed by atoms with Crippen LogP contribution in [0.5, 0.6) is 0 Å². The Balaban J connectivity index is 2.11. The summed E-state index contributed by atoms with van der Waals surface area (Å²) in [4.78, 5) is 12.7. The van der Waals surface area contributed by atoms with Gasteiger partial charge < -0.3 is 9.84 Å². The molecule has 0 fully saturated rings. The Kier molecular flexibility index (Phi) is 3.75. The van der Waals surface area contributed by atoms with Crippen LogP contribution < -0.4 is 5.32 Å². The normalized spacial score (nSPS) is 11.8. The van der Waals surface area contributed by atoms with E-state index in [1.165, 1.54) is 11.3 Å². The van der Waals surface area contributed by atoms with Gasteiger partial charge in [0.15, 0.2) is 11.5 Å². The SMILES string of the molecule is CC[C@H](C#N)NC(=O)c1cc(-c2cccs2)on1. The van der Waals surface area contributed by atoms with Crippen LogP contribution in [-0.4, -0.2) is 17.1 Å². The van der Waals surface area contributed by atoms with E-state index in [9.17, 15) is 4.79 Å². The fourth-order valence-corrected chi connectivity index (χ4v) is 2.05. The van der Waals surface area contributed by atoms with Crippen molar-refractivity contribution in [3.8, 4) is 16.7 Å². The fourth-order valence-electron chi connectivity index (χ4n) is 1.37. The minimum Gasteiger partial charge on any atom is -0.355 e. The molecule has 0 aliphatic rings. The topological polar surface area (TPSA) is 78.9 Å². The van der Waals surface area contributed by atoms with Crippen LogP contribution in [0, 0.1) is 11.3 Å². The standard InChI is InChI=1S/C12H11N3O2S/c1-2-8(7-13)14-12(16)9-6-10(17-15-9)11-4-3-5-18-11/h3-6,8H,2H2,1H3,(H,14,16)/t8-/m1/s1. The molecule has 0 unspecified atom stereocenters. The number of nitrogens with zero attached hydrogens (tertiary/aromatic N) is 2. The molecule has 2 aromatic rings. The Bertz CT molecular complexity index is 568. The molecule has 1 atom stereocenters. The number of aromatic nitrogens is 1. The predicted octanol–water partition coefficient (Wildman–Crippen LogP) is 2.44. The van der Waals surface area contributed by atoms with Crippen LogP contribution >= 0.6 is 11.3 Å². The molecule has 0 spiro atoms. The van der Waals surface area contributed by atoms with Crippen LogP contribution in [0.2, 0.25) is 0 Å². The van der Waals surface area contributed by atoms with Crippen LogP contribution in [0.25, 0.3) is 10.6 Å². The van der Waals surface area contributed by atoms with Gasteiger partial charge in [0, 0.05) is 6.07 Å². The average Bonchev–Trinajstić information content (AvgIpc) is 3.04. The van der Waals surface area contributed by atoms with Crippen molar-refractivity contribution in [2.45, 2.75) is 19.4 Å². The van der Waals surface area contributed by atoms with Gasteiger partial charge in [-0.05, 0) is 17.9 Å². The number of carbonyl (C=O) groups excluding carboxylic acids is 1. The van der Waals surface area contributed by atoms with Crippen LogP contribution in [-0.2, 0) is 0 Å². The third-order valence-electron chi connectivity index (χ3n) is 2.38. The third-order valence-corrected chi connectivity index (χ3v) is 3.26. The van der Waals surface area contributed by atoms with E-state index in [1.807, 2.05) is 30.5 Å². The number of amides is 1. The largest absolute Gasteiger partial charge is 0.355 e. The van der Waals surface area contributed by atoms with Crippen molar-refractivity contribution >= 4 is 17.2 Å². The van der Waals surface area contributed by atoms with E-state index >= 15 is 0 Å². The lowest BCUT2D eigenvalue weighted by Gasteiger charge is -2.05. The van der Waals surface area contributed by atoms with Gasteiger partial charge in [0.05, 0.1) is 10.9 Å². The average molecular weight is 261 g/mol. The van der Waals surface area contributed by atoms with Crippen molar-refractivity contribution in [2.75, 3.05) is 0 Å². The second-order valence-electron chi connectivity index (χ2n) is 3.62. The second kappa shape index (κ2) is 5.47. The van der Waals surface area contributed by atoms with E-state index in [0.717, 1.165) is 4.88 Å². The summed E-state index contributed by atoms with van der Waals surface area (Å²) < 4.78 is 5.10. The molecule has 6 heteroatoms. The highest BCUT2D eigenvalue weighted by Crippen LogP contribution is 2.25. The van der Waals surface area contributed by atoms with E-state index in [4.69, 9.17) is 9.78 Å². The van der Waals surface area contributed by atoms with Gasteiger partial charge in [0.1, 0.15) is 6.04 Å². The van der Waals surface area contributed by atoms with Gasteiger partial charge in [-0.3, -0.25) is 4.79 Å². The zero-order valence-electron chi connectivity index (χ0n) is 9.71. The smallest absolute Gasteiger partial charge is 0.274 e. The van der Waals surface area contributed by atoms with E-state index in [2.05, 4.69) is 10.5 Å². The molecule has 0 radical (unpaired) electrons. The second-order valence-corrected chi connectivity index (χ2v) is 4.56. The maximum atomic E-state index is 11.8. The number of nitriles is 1. The molecule has 0 bridgehead atoms. The number of hydrogen-bond donors (Lipinski definition) is 1. The lowest BCUT2D eigenvalue weighted by atomic mass is 10.2. The summed E-state index contributed by atoms with van der Waals surface area (Å²) in [6.45, 7) is 1.83. The van der Waals surface area contributed by atoms with Crippen LogP contribution in [0.4, 0.5) is 0 Å². The van der Waals surface area contributed by atoms with Gasteiger partial charge in [0.25, 0.3) is 5.91 Å². The molecule has 5 nitrogen and oxygen atoms in total. The van der Waals surface area contributed by atoms with Crippen LogP contribution in [0.3, 0.4) is 0 Å². The van der Waals surface area contributed by atoms with Gasteiger partial charge in [-0.2, -0.15) is 5.26 Å². The molecule has 0 saturated carbocycles. The number of hydrogen-bond acceptors (Lipinski definition) is 5. The van der Waals surface area contributed by atoms with Crippen molar-refractivity contribution in [3.63, 3.8) is 0 Å². The van der Waals surface area contributed by atoms with Crippen molar-refractivity contribution in [1.82, 2.24) is 10.5 Å². The van der Waals surface area contributed by atoms with E-state index in [1.54, 1.807) is 6.07 Å². The van der Waals surface area contributed by atoms with E-state index in [-0.39, 0.29) is 5.69 Å². The third kappa shape index (κ3) is 2.57. The van der Waals surface area contributed by atoms with E-state index < -0.39 is 11.9 Å². The first kappa shape index (κ1) is 12.3. The van der Waals surface area contributed by atoms with Crippen LogP contribution in [0.1, 0.15) is 23.8 Å². The summed E-state index contributed by atoms with van der Waals surface area (Å²) in [5.74, 6) is 0.162. The maximum Gasteiger partial charge on any atom is 0.274 e. The molecule has 18 heavy (non-hydrogen) atoms. The number of thiophene rings is 1. The first-order valence-corrected chi connectivity index (χ1v) is 6.33. The van der Waals surface area contributed by atoms with Gasteiger partial charge in [-0.25, -0.2) is 0 Å². The molecule has 0 aliphatic heterocycles. The first-order valence-electron chi connectivity index (χ1n) is 5.45. The summed E-state index contributed by atoms with van der Waals surface area (Å²) in [5, 5.41) is 17.0. The highest BCUT2D eigenvalue weighted by atomic mass is 32.1. The molecule has 2 rings (SSSR count). The Morgan fingerprint density at radius 3 is 3.17 bits per heavy atom. The summed E-state index contributed by atoms with van der Waals surface area (Å²) >= 11 is 1.51. The summed E-state index contributed by atoms with van der Waals surface area (Å²) in [7, 11) is 0. The number of rotatable bonds is 4. The molecule has 2 heterocycles. The Morgan fingerprint density at radius 2 is 2.56 bits per heavy atom. The van der Waals surface area contributed by atoms with Gasteiger partial charge in [-0.1, -0.05) is 18.1 Å². The predicted molar refractivity (Wildman–Crippen MR) is 67.0 cm³/mol. The quantitative estimate of drug-likeness (QED) is 0.916. The zero-order chi connectivity index (χ0) is 13.0. The number of carbonyl (C=O) groups is 1. The summed E-state index contributed by atoms with van der Waals surface area (Å²) in [6, 6.07) is 6.85. The van der Waals surface area contributed by atoms with E-state index in [0.29, 0.717) is 12.2 Å². The minimum absolute atomic E-state index is 0.187. The molecule has 0 saturated heterocycles. The highest BCUT2D eigenvalue weighted by molar-refractivity contribution is 7.13. The van der Waals surface area contributed by atoms with Crippen molar-refractivity contribution < 1.29 is 9.32 Å². The molecule has 92 valence electrons. The molecule has 2 aromatic heterocycles. The first-order chi connectivity index (χ1) is 8.74. The maximum absolute atomic E-state index is 11.8. The zero-order valence-corrected chi connectivity index (χ0v) is 10.5. The fraction of sp³-hybridized carbons (Fsp3) is 0.250.